The Kier molecular flexibility index (Phi) is 3.22. The van der Waals surface area contributed by atoms with Gasteiger partial charge in [-0.25, -0.2) is 0 Å². The molecule has 17 heavy (non-hydrogen) atoms. The zero-order valence-electron chi connectivity index (χ0n) is 8.60. The lowest BCUT2D eigenvalue weighted by molar-refractivity contribution is -0.197. The number of thiophene rings is 1. The van der Waals surface area contributed by atoms with Gasteiger partial charge in [0.2, 0.25) is 0 Å². The Labute approximate surface area is 105 Å². The van der Waals surface area contributed by atoms with Gasteiger partial charge in [0.05, 0.1) is 9.90 Å². The fraction of sp³-hybridized carbons (Fsp3) is 0.500. The number of hydrogen-bond acceptors (Lipinski definition) is 3. The molecule has 1 N–H and O–H groups in total. The largest absolute Gasteiger partial charge is 0.402 e. The average Bonchev–Trinajstić information content (AvgIpc) is 2.83. The number of ketones is 1. The third kappa shape index (κ3) is 1.98. The minimum absolute atomic E-state index is 0.00677. The molecule has 2 heterocycles. The summed E-state index contributed by atoms with van der Waals surface area (Å²) in [7, 11) is 0. The van der Waals surface area contributed by atoms with E-state index in [9.17, 15) is 18.0 Å². The summed E-state index contributed by atoms with van der Waals surface area (Å²) in [4.78, 5) is 12.1. The lowest BCUT2D eigenvalue weighted by Gasteiger charge is -2.28. The van der Waals surface area contributed by atoms with Gasteiger partial charge in [-0.1, -0.05) is 11.6 Å². The summed E-state index contributed by atoms with van der Waals surface area (Å²) in [5.41, 5.74) is -2.32. The van der Waals surface area contributed by atoms with Gasteiger partial charge < -0.3 is 5.32 Å². The Morgan fingerprint density at radius 3 is 2.65 bits per heavy atom. The first-order valence-corrected chi connectivity index (χ1v) is 6.19. The normalized spacial score (nSPS) is 25.2. The molecule has 94 valence electrons. The van der Waals surface area contributed by atoms with Crippen LogP contribution in [0.1, 0.15) is 16.1 Å². The van der Waals surface area contributed by atoms with Crippen molar-refractivity contribution in [1.29, 1.82) is 0 Å². The molecule has 0 radical (unpaired) electrons. The van der Waals surface area contributed by atoms with Crippen molar-refractivity contribution in [3.8, 4) is 0 Å². The highest BCUT2D eigenvalue weighted by molar-refractivity contribution is 7.12. The average molecular weight is 284 g/mol. The van der Waals surface area contributed by atoms with Crippen molar-refractivity contribution in [1.82, 2.24) is 5.32 Å². The van der Waals surface area contributed by atoms with E-state index in [1.807, 2.05) is 0 Å². The van der Waals surface area contributed by atoms with Crippen molar-refractivity contribution in [3.63, 3.8) is 0 Å². The number of Topliss-reactive ketones (excluding diaryl/α,β-unsaturated/α-hetero) is 1. The molecular formula is C10H9ClF3NOS. The molecule has 1 aliphatic heterocycles. The van der Waals surface area contributed by atoms with Crippen LogP contribution in [0.15, 0.2) is 11.4 Å². The van der Waals surface area contributed by atoms with Crippen molar-refractivity contribution in [2.75, 3.05) is 13.1 Å². The Morgan fingerprint density at radius 2 is 2.24 bits per heavy atom. The fourth-order valence-electron chi connectivity index (χ4n) is 1.93. The first kappa shape index (κ1) is 12.9. The molecule has 1 fully saturated rings. The monoisotopic (exact) mass is 283 g/mol. The van der Waals surface area contributed by atoms with Crippen molar-refractivity contribution in [3.05, 3.63) is 21.3 Å². The Bertz CT molecular complexity index is 437. The Balaban J connectivity index is 2.42. The smallest absolute Gasteiger partial charge is 0.315 e. The number of nitrogens with one attached hydrogen (secondary N) is 1. The van der Waals surface area contributed by atoms with Crippen LogP contribution in [0.4, 0.5) is 13.2 Å². The minimum Gasteiger partial charge on any atom is -0.315 e. The predicted molar refractivity (Wildman–Crippen MR) is 59.6 cm³/mol. The van der Waals surface area contributed by atoms with Crippen LogP contribution in [0.5, 0.6) is 0 Å². The van der Waals surface area contributed by atoms with Crippen LogP contribution in [0.2, 0.25) is 5.02 Å². The molecule has 1 aromatic heterocycles. The van der Waals surface area contributed by atoms with Gasteiger partial charge in [-0.05, 0) is 24.4 Å². The second-order valence-corrected chi connectivity index (χ2v) is 5.26. The van der Waals surface area contributed by atoms with Gasteiger partial charge in [-0.3, -0.25) is 4.79 Å². The SMILES string of the molecule is O=C(c1sccc1Cl)C1(C(F)(F)F)CCNC1. The summed E-state index contributed by atoms with van der Waals surface area (Å²) in [6.07, 6.45) is -4.79. The molecule has 1 aliphatic rings. The van der Waals surface area contributed by atoms with E-state index in [-0.39, 0.29) is 29.4 Å². The van der Waals surface area contributed by atoms with Crippen molar-refractivity contribution in [2.24, 2.45) is 5.41 Å². The lowest BCUT2D eigenvalue weighted by Crippen LogP contribution is -2.46. The van der Waals surface area contributed by atoms with Crippen LogP contribution in [0, 0.1) is 5.41 Å². The molecule has 1 unspecified atom stereocenters. The first-order valence-electron chi connectivity index (χ1n) is 4.94. The minimum atomic E-state index is -4.55. The van der Waals surface area contributed by atoms with Crippen LogP contribution in [0.25, 0.3) is 0 Å². The lowest BCUT2D eigenvalue weighted by atomic mass is 9.81. The van der Waals surface area contributed by atoms with Crippen molar-refractivity contribution < 1.29 is 18.0 Å². The van der Waals surface area contributed by atoms with E-state index in [1.54, 1.807) is 0 Å². The van der Waals surface area contributed by atoms with Crippen molar-refractivity contribution in [2.45, 2.75) is 12.6 Å². The van der Waals surface area contributed by atoms with Gasteiger partial charge in [-0.2, -0.15) is 13.2 Å². The molecule has 1 aromatic rings. The van der Waals surface area contributed by atoms with Crippen LogP contribution in [-0.2, 0) is 0 Å². The fourth-order valence-corrected chi connectivity index (χ4v) is 3.11. The molecule has 0 saturated carbocycles. The Morgan fingerprint density at radius 1 is 1.53 bits per heavy atom. The summed E-state index contributed by atoms with van der Waals surface area (Å²) < 4.78 is 39.3. The highest BCUT2D eigenvalue weighted by Gasteiger charge is 2.61. The standard InChI is InChI=1S/C10H9ClF3NOS/c11-6-1-4-17-7(6)8(16)9(10(12,13)14)2-3-15-5-9/h1,4,15H,2-3,5H2. The zero-order chi connectivity index (χ0) is 12.7. The van der Waals surface area contributed by atoms with E-state index < -0.39 is 17.4 Å². The summed E-state index contributed by atoms with van der Waals surface area (Å²) in [5, 5.41) is 4.21. The topological polar surface area (TPSA) is 29.1 Å². The van der Waals surface area contributed by atoms with Crippen molar-refractivity contribution >= 4 is 28.7 Å². The molecule has 1 atom stereocenters. The maximum absolute atomic E-state index is 13.1. The van der Waals surface area contributed by atoms with Gasteiger partial charge in [0.15, 0.2) is 5.78 Å². The van der Waals surface area contributed by atoms with E-state index in [2.05, 4.69) is 5.32 Å². The van der Waals surface area contributed by atoms with Crippen LogP contribution >= 0.6 is 22.9 Å². The summed E-state index contributed by atoms with van der Waals surface area (Å²) in [6, 6.07) is 1.44. The molecule has 1 saturated heterocycles. The number of alkyl halides is 3. The van der Waals surface area contributed by atoms with Gasteiger partial charge >= 0.3 is 6.18 Å². The van der Waals surface area contributed by atoms with Gasteiger partial charge in [0.1, 0.15) is 5.41 Å². The quantitative estimate of drug-likeness (QED) is 0.845. The predicted octanol–water partition coefficient (Wildman–Crippen LogP) is 3.13. The van der Waals surface area contributed by atoms with Gasteiger partial charge in [-0.15, -0.1) is 11.3 Å². The summed E-state index contributed by atoms with van der Waals surface area (Å²) in [5.74, 6) is -0.921. The van der Waals surface area contributed by atoms with Gasteiger partial charge in [0.25, 0.3) is 0 Å². The molecule has 2 rings (SSSR count). The molecule has 0 aliphatic carbocycles. The van der Waals surface area contributed by atoms with E-state index in [0.29, 0.717) is 0 Å². The van der Waals surface area contributed by atoms with Gasteiger partial charge in [0, 0.05) is 6.54 Å². The molecule has 0 amide bonds. The molecule has 0 spiro atoms. The van der Waals surface area contributed by atoms with E-state index >= 15 is 0 Å². The number of hydrogen-bond donors (Lipinski definition) is 1. The molecule has 0 aromatic carbocycles. The van der Waals surface area contributed by atoms with E-state index in [1.165, 1.54) is 11.4 Å². The molecular weight excluding hydrogens is 275 g/mol. The maximum Gasteiger partial charge on any atom is 0.402 e. The zero-order valence-corrected chi connectivity index (χ0v) is 10.2. The number of rotatable bonds is 2. The number of carbonyl (C=O) groups is 1. The van der Waals surface area contributed by atoms with E-state index in [4.69, 9.17) is 11.6 Å². The number of halogens is 4. The molecule has 0 bridgehead atoms. The van der Waals surface area contributed by atoms with Crippen LogP contribution in [0.3, 0.4) is 0 Å². The maximum atomic E-state index is 13.1. The second kappa shape index (κ2) is 4.26. The number of carbonyl (C=O) groups excluding carboxylic acids is 1. The van der Waals surface area contributed by atoms with Crippen LogP contribution < -0.4 is 5.32 Å². The first-order chi connectivity index (χ1) is 7.88. The summed E-state index contributed by atoms with van der Waals surface area (Å²) >= 11 is 6.68. The second-order valence-electron chi connectivity index (χ2n) is 3.93. The highest BCUT2D eigenvalue weighted by Crippen LogP contribution is 2.46. The third-order valence-corrected chi connectivity index (χ3v) is 4.30. The molecule has 2 nitrogen and oxygen atoms in total. The Hall–Kier alpha value is -0.590. The third-order valence-electron chi connectivity index (χ3n) is 2.96. The highest BCUT2D eigenvalue weighted by atomic mass is 35.5. The molecule has 7 heteroatoms. The van der Waals surface area contributed by atoms with Crippen LogP contribution in [-0.4, -0.2) is 25.0 Å². The van der Waals surface area contributed by atoms with E-state index in [0.717, 1.165) is 11.3 Å². The summed E-state index contributed by atoms with van der Waals surface area (Å²) in [6.45, 7) is -0.183.